The molecular weight excluding hydrogens is 350 g/mol. The van der Waals surface area contributed by atoms with Gasteiger partial charge in [-0.05, 0) is 48.5 Å². The molecular formula is C17H12F2N2O3S. The van der Waals surface area contributed by atoms with Crippen LogP contribution in [0, 0.1) is 10.9 Å². The van der Waals surface area contributed by atoms with E-state index in [1.807, 2.05) is 0 Å². The van der Waals surface area contributed by atoms with Crippen LogP contribution in [0.4, 0.5) is 8.78 Å². The van der Waals surface area contributed by atoms with Gasteiger partial charge in [0.2, 0.25) is 0 Å². The number of ether oxygens (including phenoxy) is 1. The van der Waals surface area contributed by atoms with Crippen LogP contribution in [0.15, 0.2) is 58.0 Å². The molecule has 1 aromatic carbocycles. The summed E-state index contributed by atoms with van der Waals surface area (Å²) in [7, 11) is 0. The predicted molar refractivity (Wildman–Crippen MR) is 88.8 cm³/mol. The number of hydrazone groups is 1. The van der Waals surface area contributed by atoms with Crippen LogP contribution in [-0.4, -0.2) is 12.1 Å². The van der Waals surface area contributed by atoms with E-state index in [4.69, 9.17) is 9.15 Å². The average molecular weight is 362 g/mol. The molecule has 0 fully saturated rings. The number of furan rings is 1. The summed E-state index contributed by atoms with van der Waals surface area (Å²) in [5.74, 6) is 0.0824. The first-order chi connectivity index (χ1) is 12.1. The van der Waals surface area contributed by atoms with Crippen molar-refractivity contribution in [1.82, 2.24) is 5.43 Å². The summed E-state index contributed by atoms with van der Waals surface area (Å²) < 4.78 is 36.4. The molecule has 3 rings (SSSR count). The molecule has 0 saturated heterocycles. The predicted octanol–water partition coefficient (Wildman–Crippen LogP) is 3.96. The van der Waals surface area contributed by atoms with Gasteiger partial charge in [-0.2, -0.15) is 9.49 Å². The maximum Gasteiger partial charge on any atom is 0.307 e. The number of hydrogen-bond acceptors (Lipinski definition) is 5. The number of rotatable bonds is 6. The molecule has 128 valence electrons. The second-order valence-corrected chi connectivity index (χ2v) is 5.92. The van der Waals surface area contributed by atoms with Crippen molar-refractivity contribution in [2.45, 2.75) is 6.61 Å². The summed E-state index contributed by atoms with van der Waals surface area (Å²) in [6, 6.07) is 11.5. The molecule has 0 aliphatic heterocycles. The van der Waals surface area contributed by atoms with Crippen molar-refractivity contribution in [3.8, 4) is 5.75 Å². The van der Waals surface area contributed by atoms with E-state index < -0.39 is 5.91 Å². The number of thiophene rings is 1. The van der Waals surface area contributed by atoms with Gasteiger partial charge in [0.05, 0.1) is 11.1 Å². The van der Waals surface area contributed by atoms with Crippen molar-refractivity contribution in [2.75, 3.05) is 0 Å². The topological polar surface area (TPSA) is 63.8 Å². The third-order valence-corrected chi connectivity index (χ3v) is 3.84. The highest BCUT2D eigenvalue weighted by atomic mass is 32.1. The number of halogens is 2. The molecule has 0 aliphatic rings. The Morgan fingerprint density at radius 2 is 1.96 bits per heavy atom. The Morgan fingerprint density at radius 3 is 2.68 bits per heavy atom. The zero-order valence-electron chi connectivity index (χ0n) is 12.7. The molecule has 1 N–H and O–H groups in total. The van der Waals surface area contributed by atoms with E-state index in [-0.39, 0.29) is 23.3 Å². The highest BCUT2D eigenvalue weighted by Crippen LogP contribution is 2.15. The van der Waals surface area contributed by atoms with Gasteiger partial charge in [0, 0.05) is 0 Å². The summed E-state index contributed by atoms with van der Waals surface area (Å²) in [6.07, 6.45) is 1.34. The second-order valence-electron chi connectivity index (χ2n) is 4.85. The summed E-state index contributed by atoms with van der Waals surface area (Å²) in [6.45, 7) is 0.0939. The molecule has 1 amide bonds. The van der Waals surface area contributed by atoms with E-state index in [1.165, 1.54) is 42.6 Å². The Labute approximate surface area is 145 Å². The molecule has 0 bridgehead atoms. The van der Waals surface area contributed by atoms with Crippen LogP contribution in [0.1, 0.15) is 21.2 Å². The first-order valence-corrected chi connectivity index (χ1v) is 7.97. The van der Waals surface area contributed by atoms with Crippen LogP contribution < -0.4 is 10.2 Å². The number of amides is 1. The number of hydrogen-bond donors (Lipinski definition) is 1. The van der Waals surface area contributed by atoms with E-state index in [2.05, 4.69) is 10.5 Å². The van der Waals surface area contributed by atoms with Crippen LogP contribution in [0.2, 0.25) is 0 Å². The van der Waals surface area contributed by atoms with Gasteiger partial charge in [0.25, 0.3) is 0 Å². The van der Waals surface area contributed by atoms with Crippen LogP contribution >= 0.6 is 11.3 Å². The van der Waals surface area contributed by atoms with Crippen molar-refractivity contribution >= 4 is 23.5 Å². The molecule has 0 saturated carbocycles. The SMILES string of the molecule is O=C(NN=Cc1ccc(F)s1)c1ccc(COc2ccc(F)cc2)o1. The van der Waals surface area contributed by atoms with E-state index >= 15 is 0 Å². The summed E-state index contributed by atoms with van der Waals surface area (Å²) >= 11 is 0.914. The van der Waals surface area contributed by atoms with Crippen molar-refractivity contribution in [3.63, 3.8) is 0 Å². The molecule has 2 aromatic heterocycles. The molecule has 0 spiro atoms. The van der Waals surface area contributed by atoms with Gasteiger partial charge in [-0.15, -0.1) is 11.3 Å². The quantitative estimate of drug-likeness (QED) is 0.533. The average Bonchev–Trinajstić information content (AvgIpc) is 3.23. The zero-order valence-corrected chi connectivity index (χ0v) is 13.6. The van der Waals surface area contributed by atoms with Gasteiger partial charge < -0.3 is 9.15 Å². The largest absolute Gasteiger partial charge is 0.486 e. The molecule has 0 radical (unpaired) electrons. The zero-order chi connectivity index (χ0) is 17.6. The Hall–Kier alpha value is -3.00. The maximum absolute atomic E-state index is 12.8. The van der Waals surface area contributed by atoms with Crippen LogP contribution in [0.25, 0.3) is 0 Å². The number of nitrogens with zero attached hydrogens (tertiary/aromatic N) is 1. The van der Waals surface area contributed by atoms with Crippen molar-refractivity contribution < 1.29 is 22.7 Å². The van der Waals surface area contributed by atoms with Gasteiger partial charge in [-0.1, -0.05) is 0 Å². The highest BCUT2D eigenvalue weighted by molar-refractivity contribution is 7.12. The molecule has 8 heteroatoms. The highest BCUT2D eigenvalue weighted by Gasteiger charge is 2.11. The summed E-state index contributed by atoms with van der Waals surface area (Å²) in [4.78, 5) is 12.5. The number of carbonyl (C=O) groups excluding carboxylic acids is 1. The Morgan fingerprint density at radius 1 is 1.16 bits per heavy atom. The van der Waals surface area contributed by atoms with E-state index in [9.17, 15) is 13.6 Å². The lowest BCUT2D eigenvalue weighted by Gasteiger charge is -2.03. The number of nitrogens with one attached hydrogen (secondary N) is 1. The van der Waals surface area contributed by atoms with Crippen LogP contribution in [0.5, 0.6) is 5.75 Å². The maximum atomic E-state index is 12.8. The van der Waals surface area contributed by atoms with Crippen molar-refractivity contribution in [2.24, 2.45) is 5.10 Å². The minimum atomic E-state index is -0.540. The van der Waals surface area contributed by atoms with E-state index in [1.54, 1.807) is 12.1 Å². The van der Waals surface area contributed by atoms with Crippen LogP contribution in [0.3, 0.4) is 0 Å². The molecule has 3 aromatic rings. The lowest BCUT2D eigenvalue weighted by atomic mass is 10.3. The molecule has 25 heavy (non-hydrogen) atoms. The first-order valence-electron chi connectivity index (χ1n) is 7.16. The Bertz CT molecular complexity index is 887. The van der Waals surface area contributed by atoms with Gasteiger partial charge in [-0.25, -0.2) is 9.82 Å². The third kappa shape index (κ3) is 4.74. The van der Waals surface area contributed by atoms with E-state index in [0.717, 1.165) is 11.3 Å². The Balaban J connectivity index is 1.52. The summed E-state index contributed by atoms with van der Waals surface area (Å²) in [5.41, 5.74) is 2.29. The van der Waals surface area contributed by atoms with Gasteiger partial charge >= 0.3 is 5.91 Å². The monoisotopic (exact) mass is 362 g/mol. The number of carbonyl (C=O) groups is 1. The van der Waals surface area contributed by atoms with E-state index in [0.29, 0.717) is 16.4 Å². The molecule has 0 unspecified atom stereocenters. The lowest BCUT2D eigenvalue weighted by Crippen LogP contribution is -2.16. The fourth-order valence-corrected chi connectivity index (χ4v) is 2.47. The third-order valence-electron chi connectivity index (χ3n) is 3.03. The minimum Gasteiger partial charge on any atom is -0.486 e. The van der Waals surface area contributed by atoms with Crippen LogP contribution in [-0.2, 0) is 6.61 Å². The second kappa shape index (κ2) is 7.71. The van der Waals surface area contributed by atoms with Gasteiger partial charge in [0.15, 0.2) is 10.9 Å². The molecule has 0 aliphatic carbocycles. The normalized spacial score (nSPS) is 11.0. The minimum absolute atomic E-state index is 0.0622. The number of benzene rings is 1. The fraction of sp³-hybridized carbons (Fsp3) is 0.0588. The molecule has 5 nitrogen and oxygen atoms in total. The van der Waals surface area contributed by atoms with Gasteiger partial charge in [0.1, 0.15) is 23.9 Å². The lowest BCUT2D eigenvalue weighted by molar-refractivity contribution is 0.0923. The van der Waals surface area contributed by atoms with Gasteiger partial charge in [-0.3, -0.25) is 4.79 Å². The smallest absolute Gasteiger partial charge is 0.307 e. The summed E-state index contributed by atoms with van der Waals surface area (Å²) in [5, 5.41) is 3.41. The standard InChI is InChI=1S/C17H12F2N2O3S/c18-11-1-3-12(4-2-11)23-10-13-5-7-15(24-13)17(22)21-20-9-14-6-8-16(19)25-14/h1-9H,10H2,(H,21,22). The first kappa shape index (κ1) is 16.8. The molecule has 0 atom stereocenters. The van der Waals surface area contributed by atoms with Crippen molar-refractivity contribution in [1.29, 1.82) is 0 Å². The fourth-order valence-electron chi connectivity index (χ4n) is 1.87. The molecule has 2 heterocycles. The Kier molecular flexibility index (Phi) is 5.20. The van der Waals surface area contributed by atoms with Crippen molar-refractivity contribution in [3.05, 3.63) is 75.9 Å².